The first kappa shape index (κ1) is 20.6. The molecule has 0 spiro atoms. The summed E-state index contributed by atoms with van der Waals surface area (Å²) in [7, 11) is 4.06. The van der Waals surface area contributed by atoms with E-state index in [1.54, 1.807) is 10.8 Å². The zero-order valence-corrected chi connectivity index (χ0v) is 20.0. The summed E-state index contributed by atoms with van der Waals surface area (Å²) >= 11 is 0. The van der Waals surface area contributed by atoms with Gasteiger partial charge in [-0.3, -0.25) is 0 Å². The molecule has 0 amide bonds. The molecule has 0 bridgehead atoms. The minimum Gasteiger partial charge on any atom is -0.438 e. The van der Waals surface area contributed by atoms with Gasteiger partial charge in [-0.1, -0.05) is 66.7 Å². The van der Waals surface area contributed by atoms with Gasteiger partial charge in [-0.05, 0) is 35.2 Å². The molecule has 0 saturated carbocycles. The van der Waals surface area contributed by atoms with Crippen LogP contribution in [0.2, 0.25) is 0 Å². The predicted molar refractivity (Wildman–Crippen MR) is 142 cm³/mol. The van der Waals surface area contributed by atoms with E-state index >= 15 is 0 Å². The number of anilines is 1. The monoisotopic (exact) mass is 469 g/mol. The number of nitrogens with zero attached hydrogens (tertiary/aromatic N) is 5. The number of hydrogen-bond acceptors (Lipinski definition) is 5. The summed E-state index contributed by atoms with van der Waals surface area (Å²) in [4.78, 5) is 11.8. The van der Waals surface area contributed by atoms with Gasteiger partial charge < -0.3 is 9.64 Å². The Balaban J connectivity index is 1.46. The molecule has 6 nitrogen and oxygen atoms in total. The van der Waals surface area contributed by atoms with Crippen molar-refractivity contribution in [2.45, 2.75) is 5.92 Å². The lowest BCUT2D eigenvalue weighted by atomic mass is 9.83. The third kappa shape index (κ3) is 3.15. The van der Waals surface area contributed by atoms with Crippen LogP contribution in [0.5, 0.6) is 11.6 Å². The lowest BCUT2D eigenvalue weighted by Gasteiger charge is -2.28. The molecule has 0 saturated heterocycles. The highest BCUT2D eigenvalue weighted by molar-refractivity contribution is 5.91. The lowest BCUT2D eigenvalue weighted by Crippen LogP contribution is -2.15. The first-order valence-corrected chi connectivity index (χ1v) is 11.9. The lowest BCUT2D eigenvalue weighted by molar-refractivity contribution is 0.437. The molecule has 0 N–H and O–H groups in total. The molecular weight excluding hydrogens is 446 g/mol. The van der Waals surface area contributed by atoms with E-state index in [2.05, 4.69) is 77.7 Å². The Bertz CT molecular complexity index is 1740. The second kappa shape index (κ2) is 7.92. The number of rotatable bonds is 3. The summed E-state index contributed by atoms with van der Waals surface area (Å²) in [6.07, 6.45) is 1.69. The van der Waals surface area contributed by atoms with E-state index in [1.165, 1.54) is 0 Å². The molecule has 0 unspecified atom stereocenters. The van der Waals surface area contributed by atoms with E-state index in [9.17, 15) is 0 Å². The quantitative estimate of drug-likeness (QED) is 0.304. The number of hydrogen-bond donors (Lipinski definition) is 0. The fraction of sp³-hybridized carbons (Fsp3) is 0.100. The van der Waals surface area contributed by atoms with Crippen LogP contribution in [0.25, 0.3) is 27.8 Å². The van der Waals surface area contributed by atoms with Crippen molar-refractivity contribution < 1.29 is 4.74 Å². The molecule has 174 valence electrons. The molecule has 36 heavy (non-hydrogen) atoms. The van der Waals surface area contributed by atoms with E-state index in [1.807, 2.05) is 32.3 Å². The molecule has 0 radical (unpaired) electrons. The van der Waals surface area contributed by atoms with Crippen molar-refractivity contribution in [2.75, 3.05) is 19.0 Å². The molecule has 1 atom stereocenters. The van der Waals surface area contributed by atoms with E-state index in [0.29, 0.717) is 11.7 Å². The summed E-state index contributed by atoms with van der Waals surface area (Å²) in [5.41, 5.74) is 6.02. The molecule has 6 heteroatoms. The largest absolute Gasteiger partial charge is 0.438 e. The molecule has 3 heterocycles. The third-order valence-electron chi connectivity index (χ3n) is 6.87. The first-order chi connectivity index (χ1) is 17.7. The van der Waals surface area contributed by atoms with Crippen molar-refractivity contribution in [3.63, 3.8) is 0 Å². The van der Waals surface area contributed by atoms with Crippen molar-refractivity contribution in [1.29, 1.82) is 0 Å². The maximum absolute atomic E-state index is 6.51. The number of aromatic nitrogens is 4. The smallest absolute Gasteiger partial charge is 0.228 e. The summed E-state index contributed by atoms with van der Waals surface area (Å²) in [5, 5.41) is 6.99. The Hall–Kier alpha value is -4.71. The summed E-state index contributed by atoms with van der Waals surface area (Å²) in [5.74, 6) is 2.00. The Kier molecular flexibility index (Phi) is 4.54. The number of ether oxygens (including phenoxy) is 1. The molecule has 4 aromatic carbocycles. The average molecular weight is 470 g/mol. The van der Waals surface area contributed by atoms with Gasteiger partial charge in [0, 0.05) is 42.2 Å². The fourth-order valence-corrected chi connectivity index (χ4v) is 5.07. The minimum absolute atomic E-state index is 0.0843. The molecule has 2 aromatic heterocycles. The van der Waals surface area contributed by atoms with Crippen molar-refractivity contribution in [1.82, 2.24) is 19.6 Å². The summed E-state index contributed by atoms with van der Waals surface area (Å²) in [6, 6.07) is 31.4. The molecule has 7 rings (SSSR count). The van der Waals surface area contributed by atoms with Gasteiger partial charge in [-0.15, -0.1) is 5.10 Å². The topological polar surface area (TPSA) is 55.6 Å². The Morgan fingerprint density at radius 2 is 1.61 bits per heavy atom. The van der Waals surface area contributed by atoms with E-state index in [-0.39, 0.29) is 5.92 Å². The van der Waals surface area contributed by atoms with Crippen LogP contribution in [0.1, 0.15) is 22.6 Å². The van der Waals surface area contributed by atoms with Crippen LogP contribution in [-0.4, -0.2) is 33.7 Å². The highest BCUT2D eigenvalue weighted by Crippen LogP contribution is 2.50. The summed E-state index contributed by atoms with van der Waals surface area (Å²) < 4.78 is 8.27. The SMILES string of the molecule is CN(C)c1ccc(-c2nc3c4c(ncn3n2)Oc2c(ccc3ccccc23)[C@H]4c2ccccc2)cc1. The average Bonchev–Trinajstić information content (AvgIpc) is 3.37. The highest BCUT2D eigenvalue weighted by atomic mass is 16.5. The minimum atomic E-state index is -0.0843. The van der Waals surface area contributed by atoms with Gasteiger partial charge in [0.2, 0.25) is 5.88 Å². The van der Waals surface area contributed by atoms with Crippen molar-refractivity contribution in [3.05, 3.63) is 114 Å². The van der Waals surface area contributed by atoms with Crippen LogP contribution in [-0.2, 0) is 0 Å². The predicted octanol–water partition coefficient (Wildman–Crippen LogP) is 6.30. The van der Waals surface area contributed by atoms with Crippen LogP contribution in [0.3, 0.4) is 0 Å². The normalized spacial score (nSPS) is 14.3. The molecule has 0 aliphatic carbocycles. The van der Waals surface area contributed by atoms with Crippen LogP contribution in [0.4, 0.5) is 5.69 Å². The third-order valence-corrected chi connectivity index (χ3v) is 6.87. The van der Waals surface area contributed by atoms with Gasteiger partial charge in [0.05, 0.1) is 5.56 Å². The van der Waals surface area contributed by atoms with E-state index in [0.717, 1.165) is 50.1 Å². The van der Waals surface area contributed by atoms with Crippen molar-refractivity contribution in [2.24, 2.45) is 0 Å². The van der Waals surface area contributed by atoms with Gasteiger partial charge in [0.15, 0.2) is 11.5 Å². The van der Waals surface area contributed by atoms with Crippen LogP contribution in [0, 0.1) is 0 Å². The standard InChI is InChI=1S/C30H23N5O/c1-34(2)22-15-12-21(13-16-22)28-32-29-26-25(20-9-4-3-5-10-20)24-17-14-19-8-6-7-11-23(19)27(24)36-30(26)31-18-35(29)33-28/h3-18,25H,1-2H3/t25-/m1/s1. The zero-order valence-electron chi connectivity index (χ0n) is 20.0. The maximum Gasteiger partial charge on any atom is 0.228 e. The van der Waals surface area contributed by atoms with Gasteiger partial charge in [-0.25, -0.2) is 14.5 Å². The Labute approximate surface area is 208 Å². The van der Waals surface area contributed by atoms with Gasteiger partial charge in [0.1, 0.15) is 12.1 Å². The number of fused-ring (bicyclic) bond motifs is 6. The number of benzene rings is 4. The second-order valence-electron chi connectivity index (χ2n) is 9.26. The summed E-state index contributed by atoms with van der Waals surface area (Å²) in [6.45, 7) is 0. The van der Waals surface area contributed by atoms with E-state index in [4.69, 9.17) is 19.8 Å². The second-order valence-corrected chi connectivity index (χ2v) is 9.26. The van der Waals surface area contributed by atoms with E-state index < -0.39 is 0 Å². The highest BCUT2D eigenvalue weighted by Gasteiger charge is 2.34. The molecule has 0 fully saturated rings. The van der Waals surface area contributed by atoms with Gasteiger partial charge >= 0.3 is 0 Å². The Morgan fingerprint density at radius 1 is 0.833 bits per heavy atom. The fourth-order valence-electron chi connectivity index (χ4n) is 5.07. The van der Waals surface area contributed by atoms with Crippen molar-refractivity contribution >= 4 is 22.1 Å². The Morgan fingerprint density at radius 3 is 2.42 bits per heavy atom. The molecular formula is C30H23N5O. The van der Waals surface area contributed by atoms with Gasteiger partial charge in [0.25, 0.3) is 0 Å². The van der Waals surface area contributed by atoms with Crippen LogP contribution >= 0.6 is 0 Å². The maximum atomic E-state index is 6.51. The molecule has 1 aliphatic heterocycles. The van der Waals surface area contributed by atoms with Crippen LogP contribution < -0.4 is 9.64 Å². The molecule has 6 aromatic rings. The molecule has 1 aliphatic rings. The van der Waals surface area contributed by atoms with Crippen molar-refractivity contribution in [3.8, 4) is 23.0 Å². The zero-order chi connectivity index (χ0) is 24.2. The van der Waals surface area contributed by atoms with Crippen LogP contribution in [0.15, 0.2) is 97.3 Å². The first-order valence-electron chi connectivity index (χ1n) is 11.9. The van der Waals surface area contributed by atoms with Gasteiger partial charge in [-0.2, -0.15) is 0 Å².